The lowest BCUT2D eigenvalue weighted by atomic mass is 9.32. The molecule has 0 radical (unpaired) electrons. The van der Waals surface area contributed by atoms with E-state index in [0.717, 1.165) is 30.1 Å². The number of fused-ring (bicyclic) bond motifs is 7. The molecule has 0 bridgehead atoms. The van der Waals surface area contributed by atoms with Gasteiger partial charge in [-0.15, -0.1) is 0 Å². The summed E-state index contributed by atoms with van der Waals surface area (Å²) in [7, 11) is 0. The van der Waals surface area contributed by atoms with Gasteiger partial charge in [0.15, 0.2) is 0 Å². The molecule has 10 atom stereocenters. The summed E-state index contributed by atoms with van der Waals surface area (Å²) in [5, 5.41) is 10.9. The van der Waals surface area contributed by atoms with E-state index in [0.29, 0.717) is 27.6 Å². The Hall–Kier alpha value is -0.300. The average Bonchev–Trinajstić information content (AvgIpc) is 3.04. The van der Waals surface area contributed by atoms with Crippen LogP contribution >= 0.6 is 0 Å². The zero-order valence-electron chi connectivity index (χ0n) is 21.7. The molecule has 0 aliphatic heterocycles. The van der Waals surface area contributed by atoms with Gasteiger partial charge in [-0.05, 0) is 128 Å². The van der Waals surface area contributed by atoms with Crippen LogP contribution in [-0.4, -0.2) is 11.2 Å². The summed E-state index contributed by atoms with van der Waals surface area (Å²) in [6, 6.07) is 0. The first-order valence-electron chi connectivity index (χ1n) is 13.6. The van der Waals surface area contributed by atoms with Crippen LogP contribution in [0.15, 0.2) is 12.2 Å². The zero-order valence-corrected chi connectivity index (χ0v) is 21.7. The van der Waals surface area contributed by atoms with E-state index in [1.54, 1.807) is 0 Å². The van der Waals surface area contributed by atoms with Crippen LogP contribution in [0, 0.1) is 56.7 Å². The van der Waals surface area contributed by atoms with E-state index in [1.165, 1.54) is 63.4 Å². The average molecular weight is 427 g/mol. The SMILES string of the molecule is C=C(C)[C@H]1CC[C@@]2(C)CC[C@]3(C)[C@H](CC[C@H]4[C@@]5(C)CC[C@H](O)C(C)(C)[C@H]5CC[C@@]43C)[C@@H]12. The van der Waals surface area contributed by atoms with E-state index in [1.807, 2.05) is 0 Å². The van der Waals surface area contributed by atoms with Crippen molar-refractivity contribution in [1.29, 1.82) is 0 Å². The van der Waals surface area contributed by atoms with Gasteiger partial charge in [0.25, 0.3) is 0 Å². The van der Waals surface area contributed by atoms with Crippen LogP contribution in [0.25, 0.3) is 0 Å². The Morgan fingerprint density at radius 1 is 0.742 bits per heavy atom. The summed E-state index contributed by atoms with van der Waals surface area (Å²) in [4.78, 5) is 0. The highest BCUT2D eigenvalue weighted by atomic mass is 16.3. The molecule has 0 heterocycles. The van der Waals surface area contributed by atoms with E-state index < -0.39 is 0 Å². The number of aliphatic hydroxyl groups excluding tert-OH is 1. The second-order valence-corrected chi connectivity index (χ2v) is 14.7. The largest absolute Gasteiger partial charge is 0.393 e. The van der Waals surface area contributed by atoms with Crippen molar-refractivity contribution in [3.63, 3.8) is 0 Å². The maximum Gasteiger partial charge on any atom is 0.0594 e. The Morgan fingerprint density at radius 2 is 1.45 bits per heavy atom. The molecule has 0 spiro atoms. The molecule has 5 saturated carbocycles. The first-order valence-corrected chi connectivity index (χ1v) is 13.6. The second-order valence-electron chi connectivity index (χ2n) is 14.7. The van der Waals surface area contributed by atoms with Crippen LogP contribution in [0.2, 0.25) is 0 Å². The third kappa shape index (κ3) is 2.65. The Kier molecular flexibility index (Phi) is 4.82. The summed E-state index contributed by atoms with van der Waals surface area (Å²) >= 11 is 0. The molecule has 0 unspecified atom stereocenters. The van der Waals surface area contributed by atoms with Gasteiger partial charge < -0.3 is 5.11 Å². The highest BCUT2D eigenvalue weighted by Gasteiger charge is 2.70. The molecule has 5 aliphatic rings. The summed E-state index contributed by atoms with van der Waals surface area (Å²) in [6.45, 7) is 22.3. The first kappa shape index (κ1) is 22.5. The molecular weight excluding hydrogens is 376 g/mol. The fourth-order valence-corrected chi connectivity index (χ4v) is 11.5. The van der Waals surface area contributed by atoms with Gasteiger partial charge in [-0.1, -0.05) is 53.7 Å². The van der Waals surface area contributed by atoms with Crippen LogP contribution in [0.4, 0.5) is 0 Å². The van der Waals surface area contributed by atoms with Crippen LogP contribution in [-0.2, 0) is 0 Å². The zero-order chi connectivity index (χ0) is 22.6. The predicted octanol–water partition coefficient (Wildman–Crippen LogP) is 8.02. The van der Waals surface area contributed by atoms with Gasteiger partial charge in [0.2, 0.25) is 0 Å². The summed E-state index contributed by atoms with van der Waals surface area (Å²) in [6.07, 6.45) is 13.4. The number of rotatable bonds is 1. The molecule has 5 rings (SSSR count). The first-order chi connectivity index (χ1) is 14.3. The lowest BCUT2D eigenvalue weighted by molar-refractivity contribution is -0.246. The Morgan fingerprint density at radius 3 is 2.13 bits per heavy atom. The minimum atomic E-state index is -0.118. The maximum atomic E-state index is 10.9. The topological polar surface area (TPSA) is 20.2 Å². The molecule has 1 heteroatoms. The van der Waals surface area contributed by atoms with E-state index in [2.05, 4.69) is 55.0 Å². The van der Waals surface area contributed by atoms with Gasteiger partial charge in [0.1, 0.15) is 0 Å². The van der Waals surface area contributed by atoms with Crippen molar-refractivity contribution in [3.8, 4) is 0 Å². The minimum Gasteiger partial charge on any atom is -0.393 e. The van der Waals surface area contributed by atoms with Gasteiger partial charge >= 0.3 is 0 Å². The fourth-order valence-electron chi connectivity index (χ4n) is 11.5. The van der Waals surface area contributed by atoms with E-state index >= 15 is 0 Å². The molecule has 1 N–H and O–H groups in total. The van der Waals surface area contributed by atoms with Crippen molar-refractivity contribution in [2.45, 2.75) is 119 Å². The van der Waals surface area contributed by atoms with Crippen LogP contribution in [0.1, 0.15) is 113 Å². The Balaban J connectivity index is 1.54. The molecule has 0 aromatic heterocycles. The maximum absolute atomic E-state index is 10.9. The molecule has 5 fully saturated rings. The monoisotopic (exact) mass is 426 g/mol. The highest BCUT2D eigenvalue weighted by Crippen LogP contribution is 2.77. The lowest BCUT2D eigenvalue weighted by Crippen LogP contribution is -2.66. The third-order valence-electron chi connectivity index (χ3n) is 13.5. The molecule has 0 saturated heterocycles. The van der Waals surface area contributed by atoms with Gasteiger partial charge in [0, 0.05) is 0 Å². The van der Waals surface area contributed by atoms with Crippen molar-refractivity contribution in [2.24, 2.45) is 56.7 Å². The van der Waals surface area contributed by atoms with Gasteiger partial charge in [-0.2, -0.15) is 0 Å². The molecular formula is C30H50O. The lowest BCUT2D eigenvalue weighted by Gasteiger charge is -2.73. The van der Waals surface area contributed by atoms with Gasteiger partial charge in [-0.3, -0.25) is 0 Å². The highest BCUT2D eigenvalue weighted by molar-refractivity contribution is 5.21. The van der Waals surface area contributed by atoms with Gasteiger partial charge in [0.05, 0.1) is 6.10 Å². The second kappa shape index (κ2) is 6.64. The van der Waals surface area contributed by atoms with E-state index in [-0.39, 0.29) is 11.5 Å². The number of aliphatic hydroxyl groups is 1. The summed E-state index contributed by atoms with van der Waals surface area (Å²) in [5.41, 5.74) is 3.38. The molecule has 176 valence electrons. The standard InChI is InChI=1S/C30H50O/c1-19(2)20-11-14-27(5)17-18-29(7)21(25(20)27)9-10-23-28(6)15-13-24(31)26(3,4)22(28)12-16-30(23,29)8/h20-25,31H,1,9-18H2,2-8H3/t20-,21-,22-,23+,24+,25-,27+,28+,29-,30+/m1/s1. The smallest absolute Gasteiger partial charge is 0.0594 e. The Labute approximate surface area is 192 Å². The molecule has 0 amide bonds. The Bertz CT molecular complexity index is 766. The number of allylic oxidation sites excluding steroid dienone is 1. The van der Waals surface area contributed by atoms with Crippen molar-refractivity contribution in [3.05, 3.63) is 12.2 Å². The van der Waals surface area contributed by atoms with Crippen molar-refractivity contribution in [2.75, 3.05) is 0 Å². The molecule has 0 aromatic carbocycles. The number of hydrogen-bond acceptors (Lipinski definition) is 1. The number of hydrogen-bond donors (Lipinski definition) is 1. The van der Waals surface area contributed by atoms with E-state index in [4.69, 9.17) is 0 Å². The predicted molar refractivity (Wildman–Crippen MR) is 131 cm³/mol. The van der Waals surface area contributed by atoms with Crippen molar-refractivity contribution < 1.29 is 5.11 Å². The molecule has 0 aromatic rings. The van der Waals surface area contributed by atoms with E-state index in [9.17, 15) is 5.11 Å². The van der Waals surface area contributed by atoms with Crippen molar-refractivity contribution >= 4 is 0 Å². The minimum absolute atomic E-state index is 0.0632. The summed E-state index contributed by atoms with van der Waals surface area (Å²) in [5.74, 6) is 3.98. The molecule has 1 nitrogen and oxygen atoms in total. The normalized spacial score (nSPS) is 57.9. The van der Waals surface area contributed by atoms with Crippen LogP contribution < -0.4 is 0 Å². The third-order valence-corrected chi connectivity index (χ3v) is 13.5. The molecule has 31 heavy (non-hydrogen) atoms. The van der Waals surface area contributed by atoms with Gasteiger partial charge in [-0.25, -0.2) is 0 Å². The molecule has 5 aliphatic carbocycles. The summed E-state index contributed by atoms with van der Waals surface area (Å²) < 4.78 is 0. The van der Waals surface area contributed by atoms with Crippen molar-refractivity contribution in [1.82, 2.24) is 0 Å². The quantitative estimate of drug-likeness (QED) is 0.421. The fraction of sp³-hybridized carbons (Fsp3) is 0.933. The van der Waals surface area contributed by atoms with Crippen LogP contribution in [0.5, 0.6) is 0 Å². The van der Waals surface area contributed by atoms with Crippen LogP contribution in [0.3, 0.4) is 0 Å².